The van der Waals surface area contributed by atoms with Gasteiger partial charge in [-0.15, -0.1) is 0 Å². The molecule has 1 atom stereocenters. The first-order valence-corrected chi connectivity index (χ1v) is 7.76. The molecule has 1 fully saturated rings. The highest BCUT2D eigenvalue weighted by Crippen LogP contribution is 2.21. The lowest BCUT2D eigenvalue weighted by molar-refractivity contribution is 0.184. The summed E-state index contributed by atoms with van der Waals surface area (Å²) in [5.41, 5.74) is 1.22. The van der Waals surface area contributed by atoms with E-state index < -0.39 is 0 Å². The lowest BCUT2D eigenvalue weighted by atomic mass is 9.91. The third kappa shape index (κ3) is 4.24. The van der Waals surface area contributed by atoms with Crippen LogP contribution in [0, 0.1) is 11.7 Å². The van der Waals surface area contributed by atoms with E-state index in [0.717, 1.165) is 32.0 Å². The quantitative estimate of drug-likeness (QED) is 0.922. The standard InChI is InChI=1S/C17H21FN4/c18-16-5-3-14(4-6-16)10-15-2-1-9-22(11-15)13-21-17-7-8-19-12-20-17/h3-8,12,15H,1-2,9-11,13H2,(H,19,20,21). The zero-order valence-corrected chi connectivity index (χ0v) is 12.6. The average Bonchev–Trinajstić information content (AvgIpc) is 2.57. The maximum atomic E-state index is 13.0. The molecule has 0 aliphatic carbocycles. The number of piperidine rings is 1. The van der Waals surface area contributed by atoms with Crippen LogP contribution in [0.1, 0.15) is 18.4 Å². The molecule has 2 heterocycles. The van der Waals surface area contributed by atoms with Gasteiger partial charge in [-0.1, -0.05) is 12.1 Å². The molecule has 3 rings (SSSR count). The van der Waals surface area contributed by atoms with Crippen LogP contribution in [0.3, 0.4) is 0 Å². The van der Waals surface area contributed by atoms with Gasteiger partial charge in [-0.3, -0.25) is 4.90 Å². The molecule has 1 aromatic carbocycles. The Hall–Kier alpha value is -2.01. The molecule has 2 aromatic rings. The smallest absolute Gasteiger partial charge is 0.130 e. The molecule has 4 nitrogen and oxygen atoms in total. The molecule has 0 bridgehead atoms. The van der Waals surface area contributed by atoms with Crippen LogP contribution in [0.5, 0.6) is 0 Å². The Bertz CT molecular complexity index is 573. The number of nitrogens with zero attached hydrogens (tertiary/aromatic N) is 3. The molecule has 0 spiro atoms. The van der Waals surface area contributed by atoms with Gasteiger partial charge in [-0.25, -0.2) is 14.4 Å². The normalized spacial score (nSPS) is 19.0. The van der Waals surface area contributed by atoms with Crippen molar-refractivity contribution in [3.8, 4) is 0 Å². The predicted molar refractivity (Wildman–Crippen MR) is 84.9 cm³/mol. The molecule has 116 valence electrons. The second-order valence-corrected chi connectivity index (χ2v) is 5.85. The van der Waals surface area contributed by atoms with Crippen LogP contribution in [0.25, 0.3) is 0 Å². The van der Waals surface area contributed by atoms with E-state index in [2.05, 4.69) is 20.2 Å². The molecule has 1 aliphatic rings. The summed E-state index contributed by atoms with van der Waals surface area (Å²) >= 11 is 0. The number of hydrogen-bond donors (Lipinski definition) is 1. The maximum absolute atomic E-state index is 13.0. The zero-order chi connectivity index (χ0) is 15.2. The Morgan fingerprint density at radius 1 is 1.23 bits per heavy atom. The number of anilines is 1. The summed E-state index contributed by atoms with van der Waals surface area (Å²) in [6.45, 7) is 2.98. The molecule has 0 saturated carbocycles. The highest BCUT2D eigenvalue weighted by atomic mass is 19.1. The van der Waals surface area contributed by atoms with Crippen LogP contribution >= 0.6 is 0 Å². The van der Waals surface area contributed by atoms with Crippen molar-refractivity contribution in [3.05, 3.63) is 54.2 Å². The molecule has 0 amide bonds. The Kier molecular flexibility index (Phi) is 4.96. The van der Waals surface area contributed by atoms with Crippen molar-refractivity contribution in [2.45, 2.75) is 19.3 Å². The summed E-state index contributed by atoms with van der Waals surface area (Å²) in [4.78, 5) is 10.5. The monoisotopic (exact) mass is 300 g/mol. The summed E-state index contributed by atoms with van der Waals surface area (Å²) in [7, 11) is 0. The second kappa shape index (κ2) is 7.31. The third-order valence-corrected chi connectivity index (χ3v) is 4.11. The Morgan fingerprint density at radius 3 is 2.86 bits per heavy atom. The molecule has 22 heavy (non-hydrogen) atoms. The van der Waals surface area contributed by atoms with Crippen LogP contribution in [0.4, 0.5) is 10.2 Å². The summed E-state index contributed by atoms with van der Waals surface area (Å²) in [5, 5.41) is 3.33. The van der Waals surface area contributed by atoms with Crippen molar-refractivity contribution in [2.24, 2.45) is 5.92 Å². The van der Waals surface area contributed by atoms with E-state index in [1.807, 2.05) is 18.2 Å². The van der Waals surface area contributed by atoms with Crippen LogP contribution < -0.4 is 5.32 Å². The lowest BCUT2D eigenvalue weighted by Crippen LogP contribution is -2.39. The fourth-order valence-electron chi connectivity index (χ4n) is 3.00. The first-order chi connectivity index (χ1) is 10.8. The number of rotatable bonds is 5. The van der Waals surface area contributed by atoms with Gasteiger partial charge in [-0.2, -0.15) is 0 Å². The van der Waals surface area contributed by atoms with Crippen molar-refractivity contribution in [1.29, 1.82) is 0 Å². The zero-order valence-electron chi connectivity index (χ0n) is 12.6. The minimum atomic E-state index is -0.164. The van der Waals surface area contributed by atoms with Crippen molar-refractivity contribution < 1.29 is 4.39 Å². The van der Waals surface area contributed by atoms with E-state index in [0.29, 0.717) is 5.92 Å². The minimum absolute atomic E-state index is 0.164. The van der Waals surface area contributed by atoms with Gasteiger partial charge < -0.3 is 5.32 Å². The molecule has 5 heteroatoms. The number of aromatic nitrogens is 2. The molecule has 1 unspecified atom stereocenters. The highest BCUT2D eigenvalue weighted by molar-refractivity contribution is 5.31. The van der Waals surface area contributed by atoms with Gasteiger partial charge in [0.25, 0.3) is 0 Å². The van der Waals surface area contributed by atoms with Gasteiger partial charge in [0.15, 0.2) is 0 Å². The van der Waals surface area contributed by atoms with Gasteiger partial charge in [0.2, 0.25) is 0 Å². The van der Waals surface area contributed by atoms with Gasteiger partial charge in [-0.05, 0) is 55.5 Å². The van der Waals surface area contributed by atoms with E-state index in [4.69, 9.17) is 0 Å². The maximum Gasteiger partial charge on any atom is 0.130 e. The molecule has 1 N–H and O–H groups in total. The molecule has 1 aromatic heterocycles. The fraction of sp³-hybridized carbons (Fsp3) is 0.412. The highest BCUT2D eigenvalue weighted by Gasteiger charge is 2.19. The Labute approximate surface area is 130 Å². The first-order valence-electron chi connectivity index (χ1n) is 7.76. The summed E-state index contributed by atoms with van der Waals surface area (Å²) in [5.74, 6) is 1.32. The summed E-state index contributed by atoms with van der Waals surface area (Å²) in [6.07, 6.45) is 6.75. The van der Waals surface area contributed by atoms with Gasteiger partial charge >= 0.3 is 0 Å². The minimum Gasteiger partial charge on any atom is -0.357 e. The van der Waals surface area contributed by atoms with Crippen LogP contribution in [-0.4, -0.2) is 34.6 Å². The van der Waals surface area contributed by atoms with Gasteiger partial charge in [0, 0.05) is 12.7 Å². The molecular formula is C17H21FN4. The van der Waals surface area contributed by atoms with E-state index >= 15 is 0 Å². The van der Waals surface area contributed by atoms with Crippen molar-refractivity contribution in [1.82, 2.24) is 14.9 Å². The number of hydrogen-bond acceptors (Lipinski definition) is 4. The van der Waals surface area contributed by atoms with Crippen molar-refractivity contribution in [3.63, 3.8) is 0 Å². The first kappa shape index (κ1) is 14.9. The lowest BCUT2D eigenvalue weighted by Gasteiger charge is -2.33. The fourth-order valence-corrected chi connectivity index (χ4v) is 3.00. The largest absolute Gasteiger partial charge is 0.357 e. The number of benzene rings is 1. The van der Waals surface area contributed by atoms with Crippen molar-refractivity contribution >= 4 is 5.82 Å². The summed E-state index contributed by atoms with van der Waals surface area (Å²) < 4.78 is 13.0. The SMILES string of the molecule is Fc1ccc(CC2CCCN(CNc3ccncn3)C2)cc1. The number of halogens is 1. The van der Waals surface area contributed by atoms with Gasteiger partial charge in [0.05, 0.1) is 6.67 Å². The van der Waals surface area contributed by atoms with E-state index in [9.17, 15) is 4.39 Å². The average molecular weight is 300 g/mol. The van der Waals surface area contributed by atoms with E-state index in [1.165, 1.54) is 18.4 Å². The van der Waals surface area contributed by atoms with E-state index in [-0.39, 0.29) is 5.82 Å². The van der Waals surface area contributed by atoms with Crippen molar-refractivity contribution in [2.75, 3.05) is 25.1 Å². The molecule has 1 saturated heterocycles. The van der Waals surface area contributed by atoms with Gasteiger partial charge in [0.1, 0.15) is 18.0 Å². The third-order valence-electron chi connectivity index (χ3n) is 4.11. The Morgan fingerprint density at radius 2 is 2.09 bits per heavy atom. The van der Waals surface area contributed by atoms with Crippen LogP contribution in [0.15, 0.2) is 42.9 Å². The molecule has 1 aliphatic heterocycles. The second-order valence-electron chi connectivity index (χ2n) is 5.85. The van der Waals surface area contributed by atoms with Crippen LogP contribution in [-0.2, 0) is 6.42 Å². The van der Waals surface area contributed by atoms with E-state index in [1.54, 1.807) is 24.7 Å². The summed E-state index contributed by atoms with van der Waals surface area (Å²) in [6, 6.07) is 8.76. The number of likely N-dealkylation sites (tertiary alicyclic amines) is 1. The molecule has 0 radical (unpaired) electrons. The molecular weight excluding hydrogens is 279 g/mol. The predicted octanol–water partition coefficient (Wildman–Crippen LogP) is 2.94. The Balaban J connectivity index is 1.49. The van der Waals surface area contributed by atoms with Crippen LogP contribution in [0.2, 0.25) is 0 Å². The topological polar surface area (TPSA) is 41.0 Å². The number of nitrogens with one attached hydrogen (secondary N) is 1.